The lowest BCUT2D eigenvalue weighted by atomic mass is 9.85. The molecule has 7 nitrogen and oxygen atoms in total. The molecule has 3 aromatic rings. The Labute approximate surface area is 165 Å². The number of hydrogen-bond acceptors (Lipinski definition) is 6. The SMILES string of the molecule is O=c1c(=O)n2c(nn1Cc1ccccn1)[C@]1(CCN(Cc3cccs3)C1)CC2. The van der Waals surface area contributed by atoms with E-state index in [9.17, 15) is 9.59 Å². The molecule has 0 aliphatic carbocycles. The quantitative estimate of drug-likeness (QED) is 0.626. The van der Waals surface area contributed by atoms with E-state index in [4.69, 9.17) is 0 Å². The van der Waals surface area contributed by atoms with E-state index in [1.54, 1.807) is 22.1 Å². The van der Waals surface area contributed by atoms with Crippen molar-refractivity contribution in [1.82, 2.24) is 24.2 Å². The number of thiophene rings is 1. The van der Waals surface area contributed by atoms with Crippen molar-refractivity contribution in [2.45, 2.75) is 37.9 Å². The molecule has 5 rings (SSSR count). The number of aromatic nitrogens is 4. The van der Waals surface area contributed by atoms with Gasteiger partial charge in [-0.1, -0.05) is 12.1 Å². The number of nitrogens with zero attached hydrogens (tertiary/aromatic N) is 5. The Morgan fingerprint density at radius 3 is 2.71 bits per heavy atom. The van der Waals surface area contributed by atoms with E-state index in [0.29, 0.717) is 6.54 Å². The molecule has 3 aromatic heterocycles. The van der Waals surface area contributed by atoms with Gasteiger partial charge in [-0.2, -0.15) is 5.10 Å². The summed E-state index contributed by atoms with van der Waals surface area (Å²) in [4.78, 5) is 33.3. The molecule has 1 saturated heterocycles. The Bertz CT molecular complexity index is 1110. The molecule has 0 bridgehead atoms. The van der Waals surface area contributed by atoms with Crippen molar-refractivity contribution < 1.29 is 0 Å². The molecule has 1 atom stereocenters. The maximum atomic E-state index is 12.7. The summed E-state index contributed by atoms with van der Waals surface area (Å²) in [5, 5.41) is 6.78. The Balaban J connectivity index is 1.48. The van der Waals surface area contributed by atoms with Crippen LogP contribution in [0.4, 0.5) is 0 Å². The van der Waals surface area contributed by atoms with Gasteiger partial charge in [0.05, 0.1) is 12.2 Å². The van der Waals surface area contributed by atoms with Crippen molar-refractivity contribution in [3.63, 3.8) is 0 Å². The van der Waals surface area contributed by atoms with Crippen molar-refractivity contribution >= 4 is 11.3 Å². The van der Waals surface area contributed by atoms with Crippen LogP contribution >= 0.6 is 11.3 Å². The minimum absolute atomic E-state index is 0.143. The van der Waals surface area contributed by atoms with E-state index in [-0.39, 0.29) is 12.0 Å². The second kappa shape index (κ2) is 6.79. The maximum Gasteiger partial charge on any atom is 0.332 e. The maximum absolute atomic E-state index is 12.7. The summed E-state index contributed by atoms with van der Waals surface area (Å²) in [6.45, 7) is 3.58. The van der Waals surface area contributed by atoms with E-state index in [2.05, 4.69) is 32.5 Å². The van der Waals surface area contributed by atoms with Gasteiger partial charge in [0.1, 0.15) is 5.82 Å². The van der Waals surface area contributed by atoms with Gasteiger partial charge >= 0.3 is 11.1 Å². The summed E-state index contributed by atoms with van der Waals surface area (Å²) in [5.74, 6) is 0.765. The van der Waals surface area contributed by atoms with Gasteiger partial charge in [-0.15, -0.1) is 11.3 Å². The highest BCUT2D eigenvalue weighted by Gasteiger charge is 2.47. The molecule has 0 aromatic carbocycles. The molecule has 0 unspecified atom stereocenters. The topological polar surface area (TPSA) is 73.0 Å². The average Bonchev–Trinajstić information content (AvgIpc) is 3.44. The van der Waals surface area contributed by atoms with Gasteiger partial charge in [-0.25, -0.2) is 4.68 Å². The molecule has 2 aliphatic rings. The summed E-state index contributed by atoms with van der Waals surface area (Å²) in [5.41, 5.74) is -0.454. The van der Waals surface area contributed by atoms with Crippen LogP contribution in [0.1, 0.15) is 29.2 Å². The van der Waals surface area contributed by atoms with Crippen molar-refractivity contribution in [2.75, 3.05) is 13.1 Å². The molecule has 5 heterocycles. The fraction of sp³-hybridized carbons (Fsp3) is 0.400. The van der Waals surface area contributed by atoms with Gasteiger partial charge in [0.15, 0.2) is 0 Å². The third-order valence-electron chi connectivity index (χ3n) is 5.85. The molecule has 1 fully saturated rings. The van der Waals surface area contributed by atoms with Crippen LogP contribution in [0.25, 0.3) is 0 Å². The predicted octanol–water partition coefficient (Wildman–Crippen LogP) is 1.46. The molecule has 144 valence electrons. The molecule has 8 heteroatoms. The zero-order chi connectivity index (χ0) is 19.1. The van der Waals surface area contributed by atoms with E-state index >= 15 is 0 Å². The lowest BCUT2D eigenvalue weighted by molar-refractivity contribution is 0.300. The normalized spacial score (nSPS) is 21.4. The molecule has 1 spiro atoms. The monoisotopic (exact) mass is 395 g/mol. The van der Waals surface area contributed by atoms with Crippen molar-refractivity contribution in [3.8, 4) is 0 Å². The van der Waals surface area contributed by atoms with E-state index < -0.39 is 11.1 Å². The van der Waals surface area contributed by atoms with Crippen LogP contribution in [-0.4, -0.2) is 37.3 Å². The van der Waals surface area contributed by atoms with Gasteiger partial charge in [0.25, 0.3) is 0 Å². The second-order valence-corrected chi connectivity index (χ2v) is 8.67. The van der Waals surface area contributed by atoms with Crippen molar-refractivity contribution in [3.05, 3.63) is 79.0 Å². The zero-order valence-corrected chi connectivity index (χ0v) is 16.3. The van der Waals surface area contributed by atoms with Crippen LogP contribution < -0.4 is 11.1 Å². The Kier molecular flexibility index (Phi) is 4.25. The predicted molar refractivity (Wildman–Crippen MR) is 107 cm³/mol. The summed E-state index contributed by atoms with van der Waals surface area (Å²) in [6, 6.07) is 9.77. The summed E-state index contributed by atoms with van der Waals surface area (Å²) >= 11 is 1.77. The lowest BCUT2D eigenvalue weighted by Crippen LogP contribution is -2.45. The fourth-order valence-corrected chi connectivity index (χ4v) is 5.17. The van der Waals surface area contributed by atoms with Crippen LogP contribution in [-0.2, 0) is 25.0 Å². The first-order valence-electron chi connectivity index (χ1n) is 9.52. The number of fused-ring (bicyclic) bond motifs is 2. The van der Waals surface area contributed by atoms with Gasteiger partial charge in [-0.3, -0.25) is 24.0 Å². The number of hydrogen-bond donors (Lipinski definition) is 0. The highest BCUT2D eigenvalue weighted by molar-refractivity contribution is 7.09. The zero-order valence-electron chi connectivity index (χ0n) is 15.5. The molecule has 0 radical (unpaired) electrons. The Hall–Kier alpha value is -2.58. The molecule has 28 heavy (non-hydrogen) atoms. The Morgan fingerprint density at radius 1 is 1.04 bits per heavy atom. The first-order valence-corrected chi connectivity index (χ1v) is 10.4. The van der Waals surface area contributed by atoms with Crippen molar-refractivity contribution in [2.24, 2.45) is 0 Å². The minimum Gasteiger partial charge on any atom is -0.297 e. The van der Waals surface area contributed by atoms with Crippen molar-refractivity contribution in [1.29, 1.82) is 0 Å². The van der Waals surface area contributed by atoms with E-state index in [1.165, 1.54) is 9.56 Å². The molecule has 0 amide bonds. The minimum atomic E-state index is -0.570. The standard InChI is InChI=1S/C20H21N5O2S/c26-17-18(27)25(12-15-4-1-2-8-21-15)22-19-20(7-10-24(17)19)6-9-23(14-20)13-16-5-3-11-28-16/h1-5,8,11H,6-7,9-10,12-14H2/t20-/m1/s1. The molecular weight excluding hydrogens is 374 g/mol. The summed E-state index contributed by atoms with van der Waals surface area (Å²) < 4.78 is 2.90. The Morgan fingerprint density at radius 2 is 1.93 bits per heavy atom. The number of likely N-dealkylation sites (tertiary alicyclic amines) is 1. The van der Waals surface area contributed by atoms with Crippen LogP contribution in [0.5, 0.6) is 0 Å². The lowest BCUT2D eigenvalue weighted by Gasteiger charge is -2.23. The number of rotatable bonds is 4. The third-order valence-corrected chi connectivity index (χ3v) is 6.71. The van der Waals surface area contributed by atoms with Crippen LogP contribution in [0.2, 0.25) is 0 Å². The first kappa shape index (κ1) is 17.5. The van der Waals surface area contributed by atoms with Crippen LogP contribution in [0.15, 0.2) is 51.5 Å². The van der Waals surface area contributed by atoms with Gasteiger partial charge < -0.3 is 0 Å². The van der Waals surface area contributed by atoms with E-state index in [0.717, 1.165) is 44.0 Å². The smallest absolute Gasteiger partial charge is 0.297 e. The summed E-state index contributed by atoms with van der Waals surface area (Å²) in [6.07, 6.45) is 3.51. The molecule has 0 N–H and O–H groups in total. The molecule has 2 aliphatic heterocycles. The average molecular weight is 395 g/mol. The van der Waals surface area contributed by atoms with Crippen LogP contribution in [0.3, 0.4) is 0 Å². The highest BCUT2D eigenvalue weighted by Crippen LogP contribution is 2.40. The highest BCUT2D eigenvalue weighted by atomic mass is 32.1. The van der Waals surface area contributed by atoms with Gasteiger partial charge in [0.2, 0.25) is 0 Å². The van der Waals surface area contributed by atoms with Crippen LogP contribution in [0, 0.1) is 0 Å². The van der Waals surface area contributed by atoms with E-state index in [1.807, 2.05) is 18.2 Å². The van der Waals surface area contributed by atoms with Gasteiger partial charge in [0, 0.05) is 36.1 Å². The summed E-state index contributed by atoms with van der Waals surface area (Å²) in [7, 11) is 0. The molecule has 0 saturated carbocycles. The number of pyridine rings is 1. The second-order valence-electron chi connectivity index (χ2n) is 7.63. The third kappa shape index (κ3) is 2.93. The first-order chi connectivity index (χ1) is 13.6. The molecular formula is C20H21N5O2S. The largest absolute Gasteiger partial charge is 0.332 e. The fourth-order valence-electron chi connectivity index (χ4n) is 4.43. The van der Waals surface area contributed by atoms with Gasteiger partial charge in [-0.05, 0) is 43.0 Å².